The predicted molar refractivity (Wildman–Crippen MR) is 61.6 cm³/mol. The molecule has 1 N–H and O–H groups in total. The molecule has 0 radical (unpaired) electrons. The molecule has 1 aliphatic rings. The highest BCUT2D eigenvalue weighted by atomic mass is 32.1. The molecule has 0 amide bonds. The molecular formula is C10H12N4OS. The molecule has 0 atom stereocenters. The Morgan fingerprint density at radius 3 is 3.31 bits per heavy atom. The Morgan fingerprint density at radius 2 is 2.44 bits per heavy atom. The summed E-state index contributed by atoms with van der Waals surface area (Å²) in [5, 5.41) is 13.7. The van der Waals surface area contributed by atoms with E-state index >= 15 is 0 Å². The number of hydrogen-bond acceptors (Lipinski definition) is 5. The van der Waals surface area contributed by atoms with Crippen LogP contribution in [0.3, 0.4) is 0 Å². The Kier molecular flexibility index (Phi) is 2.37. The van der Waals surface area contributed by atoms with E-state index in [4.69, 9.17) is 4.74 Å². The molecule has 0 aliphatic carbocycles. The van der Waals surface area contributed by atoms with E-state index in [2.05, 4.69) is 20.1 Å². The Morgan fingerprint density at radius 1 is 1.50 bits per heavy atom. The molecule has 0 spiro atoms. The van der Waals surface area contributed by atoms with E-state index in [1.54, 1.807) is 18.4 Å². The van der Waals surface area contributed by atoms with Gasteiger partial charge in [-0.15, -0.1) is 21.5 Å². The molecule has 0 saturated carbocycles. The number of methoxy groups -OCH3 is 1. The normalized spacial score (nSPS) is 14.8. The van der Waals surface area contributed by atoms with Crippen molar-refractivity contribution in [1.82, 2.24) is 20.1 Å². The third-order valence-corrected chi connectivity index (χ3v) is 3.57. The second kappa shape index (κ2) is 3.88. The van der Waals surface area contributed by atoms with Gasteiger partial charge in [0.15, 0.2) is 5.82 Å². The topological polar surface area (TPSA) is 52.0 Å². The lowest BCUT2D eigenvalue weighted by atomic mass is 10.3. The van der Waals surface area contributed by atoms with Crippen molar-refractivity contribution in [2.45, 2.75) is 13.1 Å². The van der Waals surface area contributed by atoms with Crippen LogP contribution >= 0.6 is 11.3 Å². The highest BCUT2D eigenvalue weighted by Gasteiger charge is 2.19. The molecule has 1 aliphatic heterocycles. The quantitative estimate of drug-likeness (QED) is 0.849. The first-order valence-electron chi connectivity index (χ1n) is 5.15. The molecule has 0 aromatic carbocycles. The number of ether oxygens (including phenoxy) is 1. The average molecular weight is 236 g/mol. The first-order valence-corrected chi connectivity index (χ1v) is 6.03. The van der Waals surface area contributed by atoms with Crippen LogP contribution in [-0.4, -0.2) is 28.4 Å². The molecule has 5 nitrogen and oxygen atoms in total. The summed E-state index contributed by atoms with van der Waals surface area (Å²) in [6.07, 6.45) is 0. The summed E-state index contributed by atoms with van der Waals surface area (Å²) in [7, 11) is 1.68. The van der Waals surface area contributed by atoms with Crippen molar-refractivity contribution in [2.24, 2.45) is 0 Å². The van der Waals surface area contributed by atoms with Crippen molar-refractivity contribution in [3.63, 3.8) is 0 Å². The monoisotopic (exact) mass is 236 g/mol. The van der Waals surface area contributed by atoms with Crippen molar-refractivity contribution in [3.8, 4) is 16.5 Å². The van der Waals surface area contributed by atoms with Crippen molar-refractivity contribution < 1.29 is 4.74 Å². The van der Waals surface area contributed by atoms with Gasteiger partial charge in [-0.3, -0.25) is 0 Å². The second-order valence-electron chi connectivity index (χ2n) is 3.59. The van der Waals surface area contributed by atoms with Gasteiger partial charge in [-0.1, -0.05) is 0 Å². The number of aromatic nitrogens is 3. The van der Waals surface area contributed by atoms with Gasteiger partial charge in [-0.2, -0.15) is 0 Å². The molecule has 6 heteroatoms. The fraction of sp³-hybridized carbons (Fsp3) is 0.400. The van der Waals surface area contributed by atoms with E-state index in [9.17, 15) is 0 Å². The van der Waals surface area contributed by atoms with Gasteiger partial charge in [0, 0.05) is 13.1 Å². The van der Waals surface area contributed by atoms with Crippen LogP contribution in [0.25, 0.3) is 10.7 Å². The third kappa shape index (κ3) is 1.42. The van der Waals surface area contributed by atoms with E-state index in [1.165, 1.54) is 0 Å². The molecule has 0 fully saturated rings. The standard InChI is InChI=1S/C10H12N4OS/c1-15-7-2-5-16-9(7)10-13-12-8-6-11-3-4-14(8)10/h2,5,11H,3-4,6H2,1H3. The minimum atomic E-state index is 0.792. The number of nitrogens with one attached hydrogen (secondary N) is 1. The summed E-state index contributed by atoms with van der Waals surface area (Å²) >= 11 is 1.64. The van der Waals surface area contributed by atoms with Gasteiger partial charge in [-0.25, -0.2) is 0 Å². The zero-order chi connectivity index (χ0) is 11.0. The van der Waals surface area contributed by atoms with Crippen LogP contribution in [0.1, 0.15) is 5.82 Å². The zero-order valence-electron chi connectivity index (χ0n) is 8.93. The Hall–Kier alpha value is -1.40. The van der Waals surface area contributed by atoms with Crippen LogP contribution in [-0.2, 0) is 13.1 Å². The number of thiophene rings is 1. The van der Waals surface area contributed by atoms with E-state index in [-0.39, 0.29) is 0 Å². The minimum Gasteiger partial charge on any atom is -0.495 e. The van der Waals surface area contributed by atoms with Crippen LogP contribution in [0.2, 0.25) is 0 Å². The SMILES string of the molecule is COc1ccsc1-c1nnc2n1CCNC2. The third-order valence-electron chi connectivity index (χ3n) is 2.67. The van der Waals surface area contributed by atoms with Crippen molar-refractivity contribution in [2.75, 3.05) is 13.7 Å². The van der Waals surface area contributed by atoms with E-state index in [0.29, 0.717) is 0 Å². The second-order valence-corrected chi connectivity index (χ2v) is 4.50. The number of nitrogens with zero attached hydrogens (tertiary/aromatic N) is 3. The summed E-state index contributed by atoms with van der Waals surface area (Å²) in [6.45, 7) is 2.67. The first-order chi connectivity index (χ1) is 7.90. The summed E-state index contributed by atoms with van der Waals surface area (Å²) < 4.78 is 7.47. The number of rotatable bonds is 2. The van der Waals surface area contributed by atoms with Gasteiger partial charge in [-0.05, 0) is 11.4 Å². The maximum atomic E-state index is 5.31. The fourth-order valence-electron chi connectivity index (χ4n) is 1.88. The van der Waals surface area contributed by atoms with Crippen molar-refractivity contribution in [3.05, 3.63) is 17.3 Å². The summed E-state index contributed by atoms with van der Waals surface area (Å²) in [5.74, 6) is 2.79. The highest BCUT2D eigenvalue weighted by molar-refractivity contribution is 7.13. The highest BCUT2D eigenvalue weighted by Crippen LogP contribution is 2.34. The largest absolute Gasteiger partial charge is 0.495 e. The molecule has 0 saturated heterocycles. The van der Waals surface area contributed by atoms with Crippen LogP contribution in [0.15, 0.2) is 11.4 Å². The Labute approximate surface area is 97.1 Å². The summed E-state index contributed by atoms with van der Waals surface area (Å²) in [4.78, 5) is 1.06. The summed E-state index contributed by atoms with van der Waals surface area (Å²) in [6, 6.07) is 1.96. The smallest absolute Gasteiger partial charge is 0.177 e. The lowest BCUT2D eigenvalue weighted by Crippen LogP contribution is -2.28. The van der Waals surface area contributed by atoms with Gasteiger partial charge in [0.05, 0.1) is 13.7 Å². The van der Waals surface area contributed by atoms with E-state index in [1.807, 2.05) is 11.4 Å². The Balaban J connectivity index is 2.09. The molecule has 0 bridgehead atoms. The van der Waals surface area contributed by atoms with Gasteiger partial charge in [0.2, 0.25) is 0 Å². The number of fused-ring (bicyclic) bond motifs is 1. The molecule has 0 unspecified atom stereocenters. The Bertz CT molecular complexity index is 505. The molecule has 3 rings (SSSR count). The minimum absolute atomic E-state index is 0.792. The summed E-state index contributed by atoms with van der Waals surface area (Å²) in [5.41, 5.74) is 0. The molecular weight excluding hydrogens is 224 g/mol. The van der Waals surface area contributed by atoms with Gasteiger partial charge in [0.1, 0.15) is 16.5 Å². The lowest BCUT2D eigenvalue weighted by molar-refractivity contribution is 0.417. The predicted octanol–water partition coefficient (Wildman–Crippen LogP) is 1.12. The molecule has 16 heavy (non-hydrogen) atoms. The molecule has 84 valence electrons. The number of hydrogen-bond donors (Lipinski definition) is 1. The maximum Gasteiger partial charge on any atom is 0.177 e. The lowest BCUT2D eigenvalue weighted by Gasteiger charge is -2.15. The van der Waals surface area contributed by atoms with Gasteiger partial charge < -0.3 is 14.6 Å². The first kappa shape index (κ1) is 9.80. The van der Waals surface area contributed by atoms with Gasteiger partial charge >= 0.3 is 0 Å². The average Bonchev–Trinajstić information content (AvgIpc) is 2.94. The van der Waals surface area contributed by atoms with Gasteiger partial charge in [0.25, 0.3) is 0 Å². The molecule has 2 aromatic rings. The van der Waals surface area contributed by atoms with E-state index in [0.717, 1.165) is 41.9 Å². The zero-order valence-corrected chi connectivity index (χ0v) is 9.75. The van der Waals surface area contributed by atoms with Crippen LogP contribution < -0.4 is 10.1 Å². The van der Waals surface area contributed by atoms with Crippen molar-refractivity contribution >= 4 is 11.3 Å². The van der Waals surface area contributed by atoms with Crippen molar-refractivity contribution in [1.29, 1.82) is 0 Å². The van der Waals surface area contributed by atoms with E-state index < -0.39 is 0 Å². The van der Waals surface area contributed by atoms with Crippen LogP contribution in [0.5, 0.6) is 5.75 Å². The maximum absolute atomic E-state index is 5.31. The molecule has 3 heterocycles. The van der Waals surface area contributed by atoms with Crippen LogP contribution in [0.4, 0.5) is 0 Å². The molecule has 2 aromatic heterocycles. The fourth-order valence-corrected chi connectivity index (χ4v) is 2.73. The van der Waals surface area contributed by atoms with Crippen LogP contribution in [0, 0.1) is 0 Å².